The van der Waals surface area contributed by atoms with Crippen LogP contribution in [0.3, 0.4) is 0 Å². The van der Waals surface area contributed by atoms with Gasteiger partial charge in [0.15, 0.2) is 0 Å². The summed E-state index contributed by atoms with van der Waals surface area (Å²) in [6, 6.07) is -0.359. The van der Waals surface area contributed by atoms with E-state index < -0.39 is 21.9 Å². The van der Waals surface area contributed by atoms with Gasteiger partial charge in [-0.3, -0.25) is 4.79 Å². The summed E-state index contributed by atoms with van der Waals surface area (Å²) >= 11 is 0. The Morgan fingerprint density at radius 1 is 1.41 bits per heavy atom. The lowest BCUT2D eigenvalue weighted by molar-refractivity contribution is -0.142. The molecule has 2 saturated heterocycles. The van der Waals surface area contributed by atoms with Gasteiger partial charge in [0.25, 0.3) is 0 Å². The van der Waals surface area contributed by atoms with Crippen LogP contribution in [0.25, 0.3) is 0 Å². The van der Waals surface area contributed by atoms with Gasteiger partial charge in [-0.25, -0.2) is 8.42 Å². The van der Waals surface area contributed by atoms with Gasteiger partial charge in [-0.05, 0) is 25.7 Å². The van der Waals surface area contributed by atoms with Crippen molar-refractivity contribution in [3.8, 4) is 0 Å². The Morgan fingerprint density at radius 2 is 2.12 bits per heavy atom. The normalized spacial score (nSPS) is 33.1. The van der Waals surface area contributed by atoms with E-state index in [2.05, 4.69) is 0 Å². The van der Waals surface area contributed by atoms with Crippen LogP contribution in [0.2, 0.25) is 0 Å². The number of sulfonamides is 1. The molecule has 1 N–H and O–H groups in total. The molecule has 2 heterocycles. The number of hydrogen-bond acceptors (Lipinski definition) is 3. The minimum Gasteiger partial charge on any atom is -0.481 e. The highest BCUT2D eigenvalue weighted by atomic mass is 32.2. The van der Waals surface area contributed by atoms with E-state index in [1.807, 2.05) is 6.92 Å². The van der Waals surface area contributed by atoms with Gasteiger partial charge in [-0.1, -0.05) is 13.3 Å². The third kappa shape index (κ3) is 2.20. The molecule has 2 bridgehead atoms. The number of unbranched alkanes of at least 4 members (excludes halogenated alkanes) is 1. The third-order valence-corrected chi connectivity index (χ3v) is 5.88. The Kier molecular flexibility index (Phi) is 3.45. The van der Waals surface area contributed by atoms with E-state index in [1.54, 1.807) is 0 Å². The fourth-order valence-electron chi connectivity index (χ4n) is 3.07. The molecule has 98 valence electrons. The average molecular weight is 261 g/mol. The number of carboxylic acids is 1. The van der Waals surface area contributed by atoms with Gasteiger partial charge in [0.05, 0.1) is 11.7 Å². The highest BCUT2D eigenvalue weighted by molar-refractivity contribution is 7.89. The first-order valence-corrected chi connectivity index (χ1v) is 7.82. The van der Waals surface area contributed by atoms with E-state index in [0.29, 0.717) is 19.3 Å². The molecule has 5 nitrogen and oxygen atoms in total. The molecule has 2 aliphatic heterocycles. The van der Waals surface area contributed by atoms with Gasteiger partial charge in [0, 0.05) is 12.1 Å². The van der Waals surface area contributed by atoms with E-state index in [1.165, 1.54) is 4.31 Å². The van der Waals surface area contributed by atoms with Crippen molar-refractivity contribution in [2.24, 2.45) is 5.92 Å². The van der Waals surface area contributed by atoms with Gasteiger partial charge in [-0.15, -0.1) is 0 Å². The number of aliphatic carboxylic acids is 1. The van der Waals surface area contributed by atoms with Crippen molar-refractivity contribution >= 4 is 16.0 Å². The molecule has 0 amide bonds. The van der Waals surface area contributed by atoms with E-state index >= 15 is 0 Å². The zero-order chi connectivity index (χ0) is 12.6. The molecule has 0 saturated carbocycles. The van der Waals surface area contributed by atoms with Gasteiger partial charge in [0.2, 0.25) is 10.0 Å². The third-order valence-electron chi connectivity index (χ3n) is 3.87. The Morgan fingerprint density at radius 3 is 2.65 bits per heavy atom. The molecular formula is C11H19NO4S. The van der Waals surface area contributed by atoms with Gasteiger partial charge in [0.1, 0.15) is 0 Å². The summed E-state index contributed by atoms with van der Waals surface area (Å²) in [6.07, 6.45) is 3.50. The van der Waals surface area contributed by atoms with Crippen LogP contribution in [-0.4, -0.2) is 41.6 Å². The summed E-state index contributed by atoms with van der Waals surface area (Å²) in [7, 11) is -3.25. The van der Waals surface area contributed by atoms with Gasteiger partial charge in [-0.2, -0.15) is 4.31 Å². The molecule has 17 heavy (non-hydrogen) atoms. The summed E-state index contributed by atoms with van der Waals surface area (Å²) in [5.74, 6) is -1.19. The highest BCUT2D eigenvalue weighted by Gasteiger charge is 2.53. The van der Waals surface area contributed by atoms with Gasteiger partial charge < -0.3 is 5.11 Å². The maximum Gasteiger partial charge on any atom is 0.308 e. The van der Waals surface area contributed by atoms with Crippen molar-refractivity contribution in [2.45, 2.75) is 51.1 Å². The monoisotopic (exact) mass is 261 g/mol. The molecule has 6 heteroatoms. The van der Waals surface area contributed by atoms with Crippen molar-refractivity contribution in [1.82, 2.24) is 4.31 Å². The second-order valence-electron chi connectivity index (χ2n) is 4.98. The second kappa shape index (κ2) is 4.57. The summed E-state index contributed by atoms with van der Waals surface area (Å²) in [6.45, 7) is 1.95. The first-order chi connectivity index (χ1) is 7.97. The highest BCUT2D eigenvalue weighted by Crippen LogP contribution is 2.43. The summed E-state index contributed by atoms with van der Waals surface area (Å²) in [4.78, 5) is 11.1. The number of nitrogens with zero attached hydrogens (tertiary/aromatic N) is 1. The minimum atomic E-state index is -3.25. The summed E-state index contributed by atoms with van der Waals surface area (Å²) in [5.41, 5.74) is 0. The lowest BCUT2D eigenvalue weighted by Crippen LogP contribution is -2.39. The molecule has 0 aliphatic carbocycles. The van der Waals surface area contributed by atoms with Crippen molar-refractivity contribution in [3.05, 3.63) is 0 Å². The first kappa shape index (κ1) is 12.8. The fraction of sp³-hybridized carbons (Fsp3) is 0.909. The maximum absolute atomic E-state index is 12.2. The lowest BCUT2D eigenvalue weighted by atomic mass is 9.89. The fourth-order valence-corrected chi connectivity index (χ4v) is 5.24. The van der Waals surface area contributed by atoms with Crippen molar-refractivity contribution in [2.75, 3.05) is 5.75 Å². The van der Waals surface area contributed by atoms with Crippen LogP contribution >= 0.6 is 0 Å². The molecule has 0 spiro atoms. The minimum absolute atomic E-state index is 0.0667. The van der Waals surface area contributed by atoms with Crippen LogP contribution in [-0.2, 0) is 14.8 Å². The Bertz CT molecular complexity index is 406. The maximum atomic E-state index is 12.2. The molecular weight excluding hydrogens is 242 g/mol. The number of fused-ring (bicyclic) bond motifs is 2. The van der Waals surface area contributed by atoms with Crippen molar-refractivity contribution in [1.29, 1.82) is 0 Å². The Hall–Kier alpha value is -0.620. The largest absolute Gasteiger partial charge is 0.481 e. The van der Waals surface area contributed by atoms with Crippen molar-refractivity contribution < 1.29 is 18.3 Å². The van der Waals surface area contributed by atoms with E-state index in [9.17, 15) is 13.2 Å². The van der Waals surface area contributed by atoms with Crippen LogP contribution in [0.5, 0.6) is 0 Å². The van der Waals surface area contributed by atoms with Crippen LogP contribution in [0.4, 0.5) is 0 Å². The summed E-state index contributed by atoms with van der Waals surface area (Å²) in [5, 5.41) is 9.07. The first-order valence-electron chi connectivity index (χ1n) is 6.21. The number of carbonyl (C=O) groups is 1. The smallest absolute Gasteiger partial charge is 0.308 e. The second-order valence-corrected chi connectivity index (χ2v) is 6.97. The molecule has 3 unspecified atom stereocenters. The Labute approximate surface area is 102 Å². The van der Waals surface area contributed by atoms with Gasteiger partial charge >= 0.3 is 5.97 Å². The molecule has 3 atom stereocenters. The number of carboxylic acid groups (broad SMARTS) is 1. The lowest BCUT2D eigenvalue weighted by Gasteiger charge is -2.22. The standard InChI is InChI=1S/C11H19NO4S/c1-2-3-6-17(15,16)12-8-4-5-10(12)9(7-8)11(13)14/h8-10H,2-7H2,1H3,(H,13,14). The molecule has 0 aromatic carbocycles. The van der Waals surface area contributed by atoms with E-state index in [0.717, 1.165) is 12.8 Å². The molecule has 0 aromatic rings. The predicted octanol–water partition coefficient (Wildman–Crippen LogP) is 1.05. The predicted molar refractivity (Wildman–Crippen MR) is 63.1 cm³/mol. The zero-order valence-corrected chi connectivity index (χ0v) is 10.8. The van der Waals surface area contributed by atoms with Crippen LogP contribution in [0.1, 0.15) is 39.0 Å². The number of rotatable bonds is 5. The quantitative estimate of drug-likeness (QED) is 0.802. The topological polar surface area (TPSA) is 74.7 Å². The molecule has 2 aliphatic rings. The van der Waals surface area contributed by atoms with Crippen LogP contribution in [0.15, 0.2) is 0 Å². The summed E-state index contributed by atoms with van der Waals surface area (Å²) < 4.78 is 25.8. The Balaban J connectivity index is 2.15. The molecule has 0 aromatic heterocycles. The van der Waals surface area contributed by atoms with E-state index in [4.69, 9.17) is 5.11 Å². The van der Waals surface area contributed by atoms with Crippen LogP contribution in [0, 0.1) is 5.92 Å². The zero-order valence-electron chi connectivity index (χ0n) is 10.0. The van der Waals surface area contributed by atoms with E-state index in [-0.39, 0.29) is 17.8 Å². The molecule has 0 radical (unpaired) electrons. The molecule has 2 fully saturated rings. The number of hydrogen-bond donors (Lipinski definition) is 1. The SMILES string of the molecule is CCCCS(=O)(=O)N1C2CCC1C(C(=O)O)C2. The van der Waals surface area contributed by atoms with Crippen LogP contribution < -0.4 is 0 Å². The molecule has 2 rings (SSSR count). The van der Waals surface area contributed by atoms with Crippen molar-refractivity contribution in [3.63, 3.8) is 0 Å². The average Bonchev–Trinajstić information content (AvgIpc) is 2.84.